The van der Waals surface area contributed by atoms with Gasteiger partial charge in [0.1, 0.15) is 0 Å². The second-order valence-electron chi connectivity index (χ2n) is 3.36. The largest absolute Gasteiger partial charge is 0.383 e. The van der Waals surface area contributed by atoms with Gasteiger partial charge >= 0.3 is 0 Å². The third kappa shape index (κ3) is 2.95. The minimum absolute atomic E-state index is 0.433. The Bertz CT molecular complexity index is 233. The molecule has 66 valence electrons. The number of rotatable bonds is 0. The van der Waals surface area contributed by atoms with Gasteiger partial charge in [-0.1, -0.05) is 29.9 Å². The molecule has 0 radical (unpaired) electrons. The molecule has 0 aromatic carbocycles. The van der Waals surface area contributed by atoms with Crippen molar-refractivity contribution in [3.63, 3.8) is 0 Å². The topological polar surface area (TPSA) is 12.0 Å². The van der Waals surface area contributed by atoms with Crippen LogP contribution in [-0.4, -0.2) is 6.04 Å². The summed E-state index contributed by atoms with van der Waals surface area (Å²) in [6.45, 7) is 6.41. The first-order valence-electron chi connectivity index (χ1n) is 4.47. The molecule has 0 aliphatic carbocycles. The lowest BCUT2D eigenvalue weighted by Crippen LogP contribution is -2.21. The summed E-state index contributed by atoms with van der Waals surface area (Å²) in [6.07, 6.45) is 9.84. The van der Waals surface area contributed by atoms with Gasteiger partial charge in [-0.3, -0.25) is 0 Å². The molecule has 1 atom stereocenters. The smallest absolute Gasteiger partial charge is 0.0416 e. The van der Waals surface area contributed by atoms with E-state index in [4.69, 9.17) is 0 Å². The Kier molecular flexibility index (Phi) is 3.15. The maximum atomic E-state index is 3.38. The Morgan fingerprint density at radius 2 is 2.08 bits per heavy atom. The van der Waals surface area contributed by atoms with Crippen LogP contribution in [0.3, 0.4) is 0 Å². The summed E-state index contributed by atoms with van der Waals surface area (Å²) in [4.78, 5) is 0. The molecule has 0 amide bonds. The molecule has 1 N–H and O–H groups in total. The monoisotopic (exact) mass is 163 g/mol. The van der Waals surface area contributed by atoms with Crippen molar-refractivity contribution in [2.45, 2.75) is 33.2 Å². The number of hydrogen-bond donors (Lipinski definition) is 1. The average molecular weight is 163 g/mol. The normalized spacial score (nSPS) is 35.8. The van der Waals surface area contributed by atoms with E-state index in [1.807, 2.05) is 0 Å². The highest BCUT2D eigenvalue weighted by atomic mass is 14.9. The fraction of sp³-hybridized carbons (Fsp3) is 0.455. The molecule has 0 saturated carbocycles. The van der Waals surface area contributed by atoms with E-state index in [9.17, 15) is 0 Å². The molecule has 1 heterocycles. The quantitative estimate of drug-likeness (QED) is 0.579. The molecule has 0 spiro atoms. The van der Waals surface area contributed by atoms with Crippen LogP contribution in [0, 0.1) is 0 Å². The first kappa shape index (κ1) is 9.11. The number of allylic oxidation sites excluding steroid dienone is 5. The van der Waals surface area contributed by atoms with E-state index in [2.05, 4.69) is 50.4 Å². The van der Waals surface area contributed by atoms with E-state index >= 15 is 0 Å². The molecule has 0 fully saturated rings. The second kappa shape index (κ2) is 4.15. The highest BCUT2D eigenvalue weighted by Gasteiger charge is 1.96. The van der Waals surface area contributed by atoms with Crippen LogP contribution in [-0.2, 0) is 0 Å². The van der Waals surface area contributed by atoms with E-state index < -0.39 is 0 Å². The van der Waals surface area contributed by atoms with Crippen LogP contribution in [0.25, 0.3) is 0 Å². The van der Waals surface area contributed by atoms with Crippen LogP contribution < -0.4 is 5.32 Å². The van der Waals surface area contributed by atoms with Gasteiger partial charge in [0.2, 0.25) is 0 Å². The van der Waals surface area contributed by atoms with Crippen molar-refractivity contribution < 1.29 is 0 Å². The molecule has 0 aromatic heterocycles. The minimum atomic E-state index is 0.433. The molecule has 0 bridgehead atoms. The summed E-state index contributed by atoms with van der Waals surface area (Å²) in [5.74, 6) is 0. The summed E-state index contributed by atoms with van der Waals surface area (Å²) >= 11 is 0. The summed E-state index contributed by atoms with van der Waals surface area (Å²) in [5, 5.41) is 3.38. The van der Waals surface area contributed by atoms with Gasteiger partial charge in [0, 0.05) is 11.7 Å². The van der Waals surface area contributed by atoms with Crippen molar-refractivity contribution in [3.05, 3.63) is 35.6 Å². The summed E-state index contributed by atoms with van der Waals surface area (Å²) < 4.78 is 0. The van der Waals surface area contributed by atoms with E-state index in [1.165, 1.54) is 11.3 Å². The van der Waals surface area contributed by atoms with Gasteiger partial charge in [-0.2, -0.15) is 0 Å². The van der Waals surface area contributed by atoms with Crippen LogP contribution in [0.2, 0.25) is 0 Å². The third-order valence-electron chi connectivity index (χ3n) is 1.97. The van der Waals surface area contributed by atoms with Gasteiger partial charge < -0.3 is 5.32 Å². The van der Waals surface area contributed by atoms with Crippen molar-refractivity contribution in [1.29, 1.82) is 0 Å². The average Bonchev–Trinajstić information content (AvgIpc) is 2.05. The third-order valence-corrected chi connectivity index (χ3v) is 1.97. The van der Waals surface area contributed by atoms with Crippen LogP contribution >= 0.6 is 0 Å². The van der Waals surface area contributed by atoms with Gasteiger partial charge in [0.25, 0.3) is 0 Å². The summed E-state index contributed by atoms with van der Waals surface area (Å²) in [5.41, 5.74) is 2.60. The fourth-order valence-electron chi connectivity index (χ4n) is 1.25. The first-order valence-corrected chi connectivity index (χ1v) is 4.47. The van der Waals surface area contributed by atoms with E-state index in [0.717, 1.165) is 6.42 Å². The van der Waals surface area contributed by atoms with Crippen molar-refractivity contribution in [2.75, 3.05) is 0 Å². The molecule has 1 heteroatoms. The van der Waals surface area contributed by atoms with Gasteiger partial charge in [0.15, 0.2) is 0 Å². The van der Waals surface area contributed by atoms with Crippen LogP contribution in [0.15, 0.2) is 35.6 Å². The molecule has 1 nitrogen and oxygen atoms in total. The zero-order valence-corrected chi connectivity index (χ0v) is 8.09. The Labute approximate surface area is 74.9 Å². The zero-order valence-electron chi connectivity index (χ0n) is 8.09. The lowest BCUT2D eigenvalue weighted by Gasteiger charge is -2.10. The summed E-state index contributed by atoms with van der Waals surface area (Å²) in [7, 11) is 0. The molecular weight excluding hydrogens is 146 g/mol. The lowest BCUT2D eigenvalue weighted by atomic mass is 10.2. The molecule has 1 aliphatic rings. The zero-order chi connectivity index (χ0) is 8.97. The van der Waals surface area contributed by atoms with Crippen LogP contribution in [0.4, 0.5) is 0 Å². The second-order valence-corrected chi connectivity index (χ2v) is 3.36. The van der Waals surface area contributed by atoms with Crippen molar-refractivity contribution in [3.8, 4) is 0 Å². The Hall–Kier alpha value is -0.980. The Morgan fingerprint density at radius 3 is 2.83 bits per heavy atom. The molecule has 1 rings (SSSR count). The van der Waals surface area contributed by atoms with Crippen molar-refractivity contribution in [2.24, 2.45) is 0 Å². The van der Waals surface area contributed by atoms with Gasteiger partial charge in [-0.25, -0.2) is 0 Å². The van der Waals surface area contributed by atoms with Crippen molar-refractivity contribution in [1.82, 2.24) is 5.32 Å². The predicted molar refractivity (Wildman–Crippen MR) is 53.9 cm³/mol. The first-order chi connectivity index (χ1) is 5.68. The molecule has 12 heavy (non-hydrogen) atoms. The van der Waals surface area contributed by atoms with Crippen molar-refractivity contribution >= 4 is 0 Å². The maximum Gasteiger partial charge on any atom is 0.0416 e. The van der Waals surface area contributed by atoms with E-state index in [-0.39, 0.29) is 0 Å². The fourth-order valence-corrected chi connectivity index (χ4v) is 1.25. The highest BCUT2D eigenvalue weighted by Crippen LogP contribution is 2.04. The Morgan fingerprint density at radius 1 is 1.33 bits per heavy atom. The van der Waals surface area contributed by atoms with Gasteiger partial charge in [-0.15, -0.1) is 0 Å². The molecule has 1 aliphatic heterocycles. The molecule has 1 unspecified atom stereocenters. The number of nitrogens with one attached hydrogen (secondary N) is 1. The van der Waals surface area contributed by atoms with E-state index in [0.29, 0.717) is 6.04 Å². The highest BCUT2D eigenvalue weighted by molar-refractivity contribution is 5.21. The molecular formula is C11H17N. The van der Waals surface area contributed by atoms with Crippen LogP contribution in [0.5, 0.6) is 0 Å². The van der Waals surface area contributed by atoms with E-state index in [1.54, 1.807) is 0 Å². The number of hydrogen-bond acceptors (Lipinski definition) is 1. The predicted octanol–water partition coefficient (Wildman–Crippen LogP) is 2.77. The maximum absolute atomic E-state index is 3.38. The van der Waals surface area contributed by atoms with Gasteiger partial charge in [-0.05, 0) is 27.2 Å². The molecule has 0 saturated heterocycles. The minimum Gasteiger partial charge on any atom is -0.383 e. The Balaban J connectivity index is 2.76. The lowest BCUT2D eigenvalue weighted by molar-refractivity contribution is 0.726. The van der Waals surface area contributed by atoms with Crippen LogP contribution in [0.1, 0.15) is 27.2 Å². The SMILES string of the molecule is CC1=C/C/C=C(/C)NC(C)/C=C\1. The summed E-state index contributed by atoms with van der Waals surface area (Å²) in [6, 6.07) is 0.433. The van der Waals surface area contributed by atoms with Gasteiger partial charge in [0.05, 0.1) is 0 Å². The standard InChI is InChI=1S/C11H17N/c1-9-5-4-6-10(2)12-11(3)8-7-9/h5-8,11-12H,4H2,1-3H3/b8-7-,9-5-,10-6-. The molecule has 0 aromatic rings.